The van der Waals surface area contributed by atoms with Crippen LogP contribution in [-0.4, -0.2) is 45.9 Å². The molecule has 0 aliphatic rings. The Kier molecular flexibility index (Phi) is 104. The molecule has 0 bridgehead atoms. The molecule has 0 aromatic carbocycles. The Labute approximate surface area is 279 Å². The second-order valence-corrected chi connectivity index (χ2v) is 11.8. The van der Waals surface area contributed by atoms with Crippen LogP contribution >= 0.6 is 0 Å². The highest BCUT2D eigenvalue weighted by molar-refractivity contribution is 7.80. The van der Waals surface area contributed by atoms with E-state index in [1.807, 2.05) is 34.6 Å². The molecule has 0 radical (unpaired) electrons. The molecule has 0 aromatic rings. The first-order chi connectivity index (χ1) is 17.7. The quantitative estimate of drug-likeness (QED) is 0.133. The van der Waals surface area contributed by atoms with Crippen LogP contribution in [0.3, 0.4) is 0 Å². The molecule has 20 heteroatoms. The smallest absolute Gasteiger partial charge is 0.750 e. The van der Waals surface area contributed by atoms with Crippen molar-refractivity contribution >= 4 is 44.5 Å². The van der Waals surface area contributed by atoms with E-state index in [-0.39, 0.29) is 43.2 Å². The zero-order valence-electron chi connectivity index (χ0n) is 25.9. The lowest BCUT2D eigenvalue weighted by Gasteiger charge is -2.16. The van der Waals surface area contributed by atoms with Crippen molar-refractivity contribution in [2.45, 2.75) is 112 Å². The van der Waals surface area contributed by atoms with Crippen molar-refractivity contribution in [3.8, 4) is 0 Å². The lowest BCUT2D eigenvalue weighted by atomic mass is 9.93. The summed E-state index contributed by atoms with van der Waals surface area (Å²) in [6, 6.07) is 0. The minimum Gasteiger partial charge on any atom is -0.750 e. The molecule has 3 atom stereocenters. The van der Waals surface area contributed by atoms with Crippen LogP contribution in [0.5, 0.6) is 0 Å². The third kappa shape index (κ3) is 375. The van der Waals surface area contributed by atoms with Gasteiger partial charge in [0.2, 0.25) is 0 Å². The molecule has 0 aromatic heterocycles. The van der Waals surface area contributed by atoms with E-state index in [1.165, 1.54) is 5.57 Å². The summed E-state index contributed by atoms with van der Waals surface area (Å²) in [7, 11) is -4.25. The van der Waals surface area contributed by atoms with E-state index in [0.717, 1.165) is 11.8 Å². The molecule has 3 unspecified atom stereocenters. The summed E-state index contributed by atoms with van der Waals surface area (Å²) in [6.07, 6.45) is 0.590. The van der Waals surface area contributed by atoms with E-state index >= 15 is 0 Å². The topological polar surface area (TPSA) is 281 Å². The van der Waals surface area contributed by atoms with Crippen molar-refractivity contribution in [3.05, 3.63) is 25.3 Å². The van der Waals surface area contributed by atoms with Gasteiger partial charge in [0.15, 0.2) is 0 Å². The first-order valence-electron chi connectivity index (χ1n) is 10.6. The number of rotatable bonds is 6. The van der Waals surface area contributed by atoms with Gasteiger partial charge in [-0.1, -0.05) is 97.6 Å². The minimum atomic E-state index is -4.25. The molecule has 0 spiro atoms. The van der Waals surface area contributed by atoms with Gasteiger partial charge < -0.3 is 42.4 Å². The van der Waals surface area contributed by atoms with Gasteiger partial charge >= 0.3 is 11.8 Å². The third-order valence-corrected chi connectivity index (χ3v) is 2.05. The summed E-state index contributed by atoms with van der Waals surface area (Å²) in [4.78, 5) is 0. The standard InChI is InChI=1S/C6H14O4S.2C4H10.C4H8.C2H4.4CH4.3H2O4S/c1-6(2,3)4-5-10-11(7,8)9;3*1-4(2)3;1-2;;;;;3*1-4-5(2)3/h4-5H2,1-3H3,(H,7,8,9);2*4H,1-3H3;1H2,2-3H3;1-2H2;4*1H4;3*1H,(H,2,3)/p-5. The molecule has 0 aliphatic heterocycles. The Morgan fingerprint density at radius 2 is 0.886 bits per heavy atom. The fourth-order valence-corrected chi connectivity index (χ4v) is 0.747. The molecule has 0 fully saturated rings. The van der Waals surface area contributed by atoms with Crippen molar-refractivity contribution in [3.63, 3.8) is 0 Å². The normalized spacial score (nSPS) is 10.7. The van der Waals surface area contributed by atoms with Gasteiger partial charge in [0.05, 0.1) is 40.7 Å². The van der Waals surface area contributed by atoms with Crippen molar-refractivity contribution in [1.82, 2.24) is 0 Å². The van der Waals surface area contributed by atoms with E-state index in [9.17, 15) is 8.42 Å². The van der Waals surface area contributed by atoms with Crippen LogP contribution in [0.15, 0.2) is 25.3 Å². The minimum absolute atomic E-state index is 0. The number of allylic oxidation sites excluding steroid dienone is 1. The van der Waals surface area contributed by atoms with E-state index in [2.05, 4.69) is 78.5 Å². The Hall–Kier alpha value is -0.560. The van der Waals surface area contributed by atoms with Gasteiger partial charge in [0, 0.05) is 0 Å². The molecule has 0 saturated carbocycles. The van der Waals surface area contributed by atoms with E-state index < -0.39 is 44.5 Å². The Balaban J connectivity index is -0.0000000243. The van der Waals surface area contributed by atoms with Crippen molar-refractivity contribution in [2.75, 3.05) is 6.61 Å². The summed E-state index contributed by atoms with van der Waals surface area (Å²) >= 11 is -8.63. The second-order valence-electron chi connectivity index (χ2n) is 9.05. The molecule has 0 saturated heterocycles. The van der Waals surface area contributed by atoms with Gasteiger partial charge in [0.1, 0.15) is 0 Å². The summed E-state index contributed by atoms with van der Waals surface area (Å²) in [5.74, 6) is 1.67. The van der Waals surface area contributed by atoms with Crippen LogP contribution < -0.4 is 15.8 Å². The highest BCUT2D eigenvalue weighted by atomic mass is 32.3. The third-order valence-electron chi connectivity index (χ3n) is 1.25. The molecule has 16 nitrogen and oxygen atoms in total. The number of hydrogen-bond donors (Lipinski definition) is 1. The summed E-state index contributed by atoms with van der Waals surface area (Å²) in [6.45, 7) is 32.4. The SMILES string of the molecule is C.C.C.C.C=C.C=C(C)C.CC(C)(C)CCOS(=O)(=O)O.CC(C)C.CC(C)C.O=S([O-])O[O-].O=S([O-])O[O-].O=S([O-])O[O-].[H+]. The van der Waals surface area contributed by atoms with E-state index in [4.69, 9.17) is 46.6 Å². The summed E-state index contributed by atoms with van der Waals surface area (Å²) in [5, 5.41) is 25.6. The average molecular weight is 736 g/mol. The zero-order chi connectivity index (χ0) is 34.7. The van der Waals surface area contributed by atoms with Crippen LogP contribution in [0, 0.1) is 17.3 Å². The van der Waals surface area contributed by atoms with Crippen LogP contribution in [0.25, 0.3) is 0 Å². The number of hydrogen-bond acceptors (Lipinski definition) is 15. The average Bonchev–Trinajstić information content (AvgIpc) is 2.73. The molecule has 0 aliphatic carbocycles. The molecule has 44 heavy (non-hydrogen) atoms. The Morgan fingerprint density at radius 1 is 0.750 bits per heavy atom. The van der Waals surface area contributed by atoms with Crippen molar-refractivity contribution in [1.29, 1.82) is 0 Å². The Bertz CT molecular complexity index is 640. The van der Waals surface area contributed by atoms with Crippen LogP contribution in [0.1, 0.15) is 114 Å². The summed E-state index contributed by atoms with van der Waals surface area (Å²) < 4.78 is 92.6. The molecular weight excluding hydrogens is 673 g/mol. The van der Waals surface area contributed by atoms with Crippen LogP contribution in [0.2, 0.25) is 0 Å². The largest absolute Gasteiger partial charge is 1.00 e. The van der Waals surface area contributed by atoms with Gasteiger partial charge in [-0.25, -0.2) is 16.8 Å². The zero-order valence-corrected chi connectivity index (χ0v) is 28.2. The van der Waals surface area contributed by atoms with Gasteiger partial charge in [-0.15, -0.1) is 19.7 Å². The van der Waals surface area contributed by atoms with Crippen LogP contribution in [-0.2, 0) is 61.7 Å². The van der Waals surface area contributed by atoms with Gasteiger partial charge in [-0.2, -0.15) is 8.42 Å². The maximum atomic E-state index is 10.1. The van der Waals surface area contributed by atoms with Crippen LogP contribution in [0.4, 0.5) is 0 Å². The molecule has 0 amide bonds. The van der Waals surface area contributed by atoms with E-state index in [0.29, 0.717) is 6.42 Å². The molecular formula is C24H63O16S4-5. The maximum Gasteiger partial charge on any atom is 1.00 e. The van der Waals surface area contributed by atoms with Gasteiger partial charge in [0.25, 0.3) is 0 Å². The molecule has 284 valence electrons. The predicted molar refractivity (Wildman–Crippen MR) is 172 cm³/mol. The van der Waals surface area contributed by atoms with Crippen molar-refractivity contribution in [2.24, 2.45) is 17.3 Å². The maximum absolute atomic E-state index is 10.1. The summed E-state index contributed by atoms with van der Waals surface area (Å²) in [5.41, 5.74) is 1.19. The first kappa shape index (κ1) is 79.2. The predicted octanol–water partition coefficient (Wildman–Crippen LogP) is 3.83. The molecule has 1 N–H and O–H groups in total. The van der Waals surface area contributed by atoms with E-state index in [1.54, 1.807) is 0 Å². The highest BCUT2D eigenvalue weighted by Crippen LogP contribution is 2.18. The molecule has 0 rings (SSSR count). The lowest BCUT2D eigenvalue weighted by molar-refractivity contribution is -0.635. The lowest BCUT2D eigenvalue weighted by Crippen LogP contribution is -2.12. The fourth-order valence-electron chi connectivity index (χ4n) is 0.453. The molecule has 0 heterocycles. The second kappa shape index (κ2) is 58.0. The Morgan fingerprint density at radius 3 is 0.955 bits per heavy atom. The monoisotopic (exact) mass is 735 g/mol. The highest BCUT2D eigenvalue weighted by Gasteiger charge is 2.12. The van der Waals surface area contributed by atoms with Crippen molar-refractivity contribution < 1.29 is 73.6 Å². The first-order valence-corrected chi connectivity index (χ1v) is 15.0. The van der Waals surface area contributed by atoms with Gasteiger partial charge in [-0.3, -0.25) is 4.55 Å². The van der Waals surface area contributed by atoms with Gasteiger partial charge in [-0.05, 0) is 37.5 Å². The fraction of sp³-hybridized carbons (Fsp3) is 0.833.